The average molecular weight is 385 g/mol. The molecule has 2 aromatic carbocycles. The second-order valence-corrected chi connectivity index (χ2v) is 7.03. The first kappa shape index (κ1) is 23.2. The lowest BCUT2D eigenvalue weighted by Gasteiger charge is -2.15. The van der Waals surface area contributed by atoms with Gasteiger partial charge in [-0.25, -0.2) is 4.79 Å². The fourth-order valence-corrected chi connectivity index (χ4v) is 2.56. The van der Waals surface area contributed by atoms with Crippen LogP contribution in [0.4, 0.5) is 4.79 Å². The lowest BCUT2D eigenvalue weighted by atomic mass is 10.1. The second kappa shape index (κ2) is 13.4. The Bertz CT molecular complexity index is 688. The van der Waals surface area contributed by atoms with Crippen LogP contribution in [0.1, 0.15) is 44.7 Å². The van der Waals surface area contributed by atoms with Gasteiger partial charge in [0, 0.05) is 6.42 Å². The van der Waals surface area contributed by atoms with Crippen LogP contribution < -0.4 is 11.1 Å². The van der Waals surface area contributed by atoms with Crippen LogP contribution in [0, 0.1) is 5.92 Å². The van der Waals surface area contributed by atoms with Gasteiger partial charge in [-0.2, -0.15) is 0 Å². The molecule has 28 heavy (non-hydrogen) atoms. The fourth-order valence-electron chi connectivity index (χ4n) is 2.56. The fraction of sp³-hybridized carbons (Fsp3) is 0.391. The average Bonchev–Trinajstić information content (AvgIpc) is 2.68. The maximum atomic E-state index is 11.8. The van der Waals surface area contributed by atoms with Gasteiger partial charge in [0.25, 0.3) is 0 Å². The maximum Gasteiger partial charge on any atom is 0.408 e. The Morgan fingerprint density at radius 3 is 1.93 bits per heavy atom. The Labute approximate surface area is 168 Å². The van der Waals surface area contributed by atoms with E-state index < -0.39 is 18.0 Å². The largest absolute Gasteiger partial charge is 0.445 e. The van der Waals surface area contributed by atoms with Gasteiger partial charge >= 0.3 is 6.09 Å². The smallest absolute Gasteiger partial charge is 0.408 e. The van der Waals surface area contributed by atoms with Crippen molar-refractivity contribution in [3.8, 4) is 0 Å². The van der Waals surface area contributed by atoms with Crippen LogP contribution in [0.3, 0.4) is 0 Å². The van der Waals surface area contributed by atoms with E-state index in [1.807, 2.05) is 60.7 Å². The molecule has 1 atom stereocenters. The minimum atomic E-state index is -0.800. The predicted molar refractivity (Wildman–Crippen MR) is 113 cm³/mol. The zero-order valence-electron chi connectivity index (χ0n) is 17.1. The third-order valence-electron chi connectivity index (χ3n) is 4.00. The molecule has 0 aliphatic rings. The van der Waals surface area contributed by atoms with Crippen LogP contribution in [-0.2, 0) is 22.6 Å². The number of hydrogen-bond acceptors (Lipinski definition) is 3. The highest BCUT2D eigenvalue weighted by molar-refractivity contribution is 5.84. The third kappa shape index (κ3) is 10.4. The van der Waals surface area contributed by atoms with Crippen molar-refractivity contribution in [3.63, 3.8) is 0 Å². The van der Waals surface area contributed by atoms with Crippen molar-refractivity contribution in [1.82, 2.24) is 5.32 Å². The minimum absolute atomic E-state index is 0.142. The van der Waals surface area contributed by atoms with Crippen molar-refractivity contribution in [2.24, 2.45) is 11.7 Å². The molecule has 0 fully saturated rings. The molecule has 5 heteroatoms. The highest BCUT2D eigenvalue weighted by Crippen LogP contribution is 2.05. The molecule has 1 unspecified atom stereocenters. The van der Waals surface area contributed by atoms with Gasteiger partial charge in [-0.05, 0) is 17.0 Å². The summed E-state index contributed by atoms with van der Waals surface area (Å²) in [6, 6.07) is 17.8. The van der Waals surface area contributed by atoms with Gasteiger partial charge < -0.3 is 15.8 Å². The highest BCUT2D eigenvalue weighted by atomic mass is 16.5. The number of nitrogens with one attached hydrogen (secondary N) is 1. The van der Waals surface area contributed by atoms with Crippen LogP contribution in [0.15, 0.2) is 60.7 Å². The van der Waals surface area contributed by atoms with Crippen LogP contribution >= 0.6 is 0 Å². The van der Waals surface area contributed by atoms with E-state index in [1.165, 1.54) is 12.8 Å². The molecule has 152 valence electrons. The van der Waals surface area contributed by atoms with Gasteiger partial charge in [-0.3, -0.25) is 4.79 Å². The van der Waals surface area contributed by atoms with E-state index in [1.54, 1.807) is 0 Å². The van der Waals surface area contributed by atoms with Gasteiger partial charge in [0.05, 0.1) is 0 Å². The summed E-state index contributed by atoms with van der Waals surface area (Å²) < 4.78 is 5.09. The number of ether oxygens (including phenoxy) is 1. The number of carbonyl (C=O) groups excluding carboxylic acids is 2. The summed E-state index contributed by atoms with van der Waals surface area (Å²) in [7, 11) is 0. The number of primary amides is 1. The second-order valence-electron chi connectivity index (χ2n) is 7.03. The Hall–Kier alpha value is -2.82. The maximum absolute atomic E-state index is 11.8. The molecule has 2 amide bonds. The molecule has 2 rings (SSSR count). The first-order chi connectivity index (χ1) is 13.4. The van der Waals surface area contributed by atoms with Crippen molar-refractivity contribution < 1.29 is 14.3 Å². The summed E-state index contributed by atoms with van der Waals surface area (Å²) in [6.45, 7) is 6.87. The Kier molecular flexibility index (Phi) is 11.1. The summed E-state index contributed by atoms with van der Waals surface area (Å²) in [5, 5.41) is 2.50. The van der Waals surface area contributed by atoms with Gasteiger partial charge in [0.1, 0.15) is 12.6 Å². The monoisotopic (exact) mass is 384 g/mol. The topological polar surface area (TPSA) is 81.4 Å². The lowest BCUT2D eigenvalue weighted by Crippen LogP contribution is -2.46. The predicted octanol–water partition coefficient (Wildman–Crippen LogP) is 4.45. The van der Waals surface area contributed by atoms with Gasteiger partial charge in [-0.1, -0.05) is 94.3 Å². The SMILES string of the molecule is CCCC(C)C.NC(=O)C(Cc1ccccc1)NC(=O)OCc1ccccc1. The molecule has 0 aliphatic carbocycles. The summed E-state index contributed by atoms with van der Waals surface area (Å²) in [6.07, 6.45) is 2.37. The summed E-state index contributed by atoms with van der Waals surface area (Å²) in [4.78, 5) is 23.2. The van der Waals surface area contributed by atoms with Gasteiger partial charge in [0.15, 0.2) is 0 Å². The molecule has 5 nitrogen and oxygen atoms in total. The van der Waals surface area contributed by atoms with Crippen LogP contribution in [0.2, 0.25) is 0 Å². The molecule has 0 aromatic heterocycles. The number of nitrogens with two attached hydrogens (primary N) is 1. The number of alkyl carbamates (subject to hydrolysis) is 1. The third-order valence-corrected chi connectivity index (χ3v) is 4.00. The first-order valence-electron chi connectivity index (χ1n) is 9.72. The molecule has 0 radical (unpaired) electrons. The summed E-state index contributed by atoms with van der Waals surface area (Å²) in [5.74, 6) is 0.301. The van der Waals surface area contributed by atoms with E-state index in [2.05, 4.69) is 26.1 Å². The van der Waals surface area contributed by atoms with E-state index in [9.17, 15) is 9.59 Å². The van der Waals surface area contributed by atoms with Gasteiger partial charge in [0.2, 0.25) is 5.91 Å². The number of carbonyl (C=O) groups is 2. The number of benzene rings is 2. The van der Waals surface area contributed by atoms with E-state index in [-0.39, 0.29) is 6.61 Å². The van der Waals surface area contributed by atoms with Crippen molar-refractivity contribution in [1.29, 1.82) is 0 Å². The molecule has 3 N–H and O–H groups in total. The van der Waals surface area contributed by atoms with E-state index >= 15 is 0 Å². The number of amides is 2. The zero-order valence-corrected chi connectivity index (χ0v) is 17.1. The first-order valence-corrected chi connectivity index (χ1v) is 9.72. The van der Waals surface area contributed by atoms with Crippen LogP contribution in [-0.4, -0.2) is 18.0 Å². The van der Waals surface area contributed by atoms with Crippen LogP contribution in [0.25, 0.3) is 0 Å². The Morgan fingerprint density at radius 2 is 1.50 bits per heavy atom. The van der Waals surface area contributed by atoms with E-state index in [0.717, 1.165) is 17.0 Å². The van der Waals surface area contributed by atoms with Gasteiger partial charge in [-0.15, -0.1) is 0 Å². The normalized spacial score (nSPS) is 11.1. The quantitative estimate of drug-likeness (QED) is 0.705. The molecule has 0 saturated heterocycles. The van der Waals surface area contributed by atoms with Crippen molar-refractivity contribution in [2.45, 2.75) is 52.7 Å². The molecule has 0 heterocycles. The zero-order chi connectivity index (χ0) is 20.8. The molecular weight excluding hydrogens is 352 g/mol. The molecule has 0 saturated carbocycles. The van der Waals surface area contributed by atoms with E-state index in [4.69, 9.17) is 10.5 Å². The lowest BCUT2D eigenvalue weighted by molar-refractivity contribution is -0.119. The highest BCUT2D eigenvalue weighted by Gasteiger charge is 2.19. The van der Waals surface area contributed by atoms with Crippen molar-refractivity contribution >= 4 is 12.0 Å². The van der Waals surface area contributed by atoms with Crippen molar-refractivity contribution in [3.05, 3.63) is 71.8 Å². The molecule has 0 spiro atoms. The van der Waals surface area contributed by atoms with E-state index in [0.29, 0.717) is 6.42 Å². The van der Waals surface area contributed by atoms with Crippen LogP contribution in [0.5, 0.6) is 0 Å². The number of hydrogen-bond donors (Lipinski definition) is 2. The standard InChI is InChI=1S/C17H18N2O3.C6H14/c18-16(20)15(11-13-7-3-1-4-8-13)19-17(21)22-12-14-9-5-2-6-10-14;1-4-5-6(2)3/h1-10,15H,11-12H2,(H2,18,20)(H,19,21);6H,4-5H2,1-3H3. The van der Waals surface area contributed by atoms with Crippen molar-refractivity contribution in [2.75, 3.05) is 0 Å². The number of rotatable bonds is 8. The summed E-state index contributed by atoms with van der Waals surface area (Å²) in [5.41, 5.74) is 7.11. The Balaban J connectivity index is 0.000000568. The minimum Gasteiger partial charge on any atom is -0.445 e. The molecule has 2 aromatic rings. The molecule has 0 aliphatic heterocycles. The Morgan fingerprint density at radius 1 is 0.964 bits per heavy atom. The summed E-state index contributed by atoms with van der Waals surface area (Å²) >= 11 is 0. The molecular formula is C23H32N2O3. The molecule has 0 bridgehead atoms.